The van der Waals surface area contributed by atoms with Crippen LogP contribution in [0.3, 0.4) is 0 Å². The Kier molecular flexibility index (Phi) is 7.08. The summed E-state index contributed by atoms with van der Waals surface area (Å²) < 4.78 is 5.38. The second-order valence-electron chi connectivity index (χ2n) is 9.22. The highest BCUT2D eigenvalue weighted by molar-refractivity contribution is 5.29. The number of ether oxygens (including phenoxy) is 1. The number of hydrogen-bond donors (Lipinski definition) is 1. The molecular formula is C26H36N2O2. The Morgan fingerprint density at radius 2 is 1.63 bits per heavy atom. The van der Waals surface area contributed by atoms with Crippen LogP contribution in [0.4, 0.5) is 0 Å². The number of aliphatic hydroxyl groups excluding tert-OH is 1. The maximum absolute atomic E-state index is 10.2. The van der Waals surface area contributed by atoms with Crippen LogP contribution < -0.4 is 4.74 Å². The van der Waals surface area contributed by atoms with E-state index in [0.29, 0.717) is 6.04 Å². The first-order valence-electron chi connectivity index (χ1n) is 11.4. The predicted molar refractivity (Wildman–Crippen MR) is 122 cm³/mol. The highest BCUT2D eigenvalue weighted by Gasteiger charge is 2.37. The maximum Gasteiger partial charge on any atom is 0.119 e. The second kappa shape index (κ2) is 9.95. The summed E-state index contributed by atoms with van der Waals surface area (Å²) in [5, 5.41) is 10.2. The number of benzene rings is 2. The van der Waals surface area contributed by atoms with Crippen LogP contribution in [0.5, 0.6) is 5.75 Å². The highest BCUT2D eigenvalue weighted by atomic mass is 16.5. The van der Waals surface area contributed by atoms with E-state index in [2.05, 4.69) is 58.3 Å². The normalized spacial score (nSPS) is 20.9. The Morgan fingerprint density at radius 1 is 0.933 bits per heavy atom. The highest BCUT2D eigenvalue weighted by Crippen LogP contribution is 2.37. The lowest BCUT2D eigenvalue weighted by Crippen LogP contribution is -2.50. The third-order valence-corrected chi connectivity index (χ3v) is 7.23. The molecule has 2 aliphatic rings. The zero-order valence-electron chi connectivity index (χ0n) is 18.3. The second-order valence-corrected chi connectivity index (χ2v) is 9.22. The molecule has 1 N–H and O–H groups in total. The molecule has 2 aromatic carbocycles. The Morgan fingerprint density at radius 3 is 2.30 bits per heavy atom. The molecule has 162 valence electrons. The van der Waals surface area contributed by atoms with Crippen molar-refractivity contribution in [3.63, 3.8) is 0 Å². The van der Waals surface area contributed by atoms with Gasteiger partial charge in [0.25, 0.3) is 0 Å². The molecule has 0 bridgehead atoms. The van der Waals surface area contributed by atoms with Gasteiger partial charge >= 0.3 is 0 Å². The SMILES string of the molecule is COc1cccc(CC2(CO)CCN(C3CCN(Cc4ccccc4)CC3)CC2)c1. The molecule has 4 nitrogen and oxygen atoms in total. The van der Waals surface area contributed by atoms with Gasteiger partial charge in [0.15, 0.2) is 0 Å². The Bertz CT molecular complexity index is 779. The van der Waals surface area contributed by atoms with Crippen molar-refractivity contribution in [2.45, 2.75) is 44.7 Å². The van der Waals surface area contributed by atoms with Gasteiger partial charge in [-0.1, -0.05) is 42.5 Å². The summed E-state index contributed by atoms with van der Waals surface area (Å²) in [7, 11) is 1.71. The van der Waals surface area contributed by atoms with Gasteiger partial charge in [-0.2, -0.15) is 0 Å². The van der Waals surface area contributed by atoms with Crippen molar-refractivity contribution in [1.82, 2.24) is 9.80 Å². The number of likely N-dealkylation sites (tertiary alicyclic amines) is 2. The zero-order chi connectivity index (χ0) is 20.8. The van der Waals surface area contributed by atoms with Gasteiger partial charge in [0.1, 0.15) is 5.75 Å². The van der Waals surface area contributed by atoms with E-state index in [1.54, 1.807) is 7.11 Å². The summed E-state index contributed by atoms with van der Waals surface area (Å²) in [5.41, 5.74) is 2.70. The van der Waals surface area contributed by atoms with Crippen LogP contribution in [0.25, 0.3) is 0 Å². The first kappa shape index (κ1) is 21.4. The predicted octanol–water partition coefficient (Wildman–Crippen LogP) is 3.98. The Hall–Kier alpha value is -1.88. The average Bonchev–Trinajstić information content (AvgIpc) is 2.81. The average molecular weight is 409 g/mol. The van der Waals surface area contributed by atoms with Gasteiger partial charge in [0, 0.05) is 19.2 Å². The topological polar surface area (TPSA) is 35.9 Å². The van der Waals surface area contributed by atoms with Gasteiger partial charge in [0.05, 0.1) is 7.11 Å². The minimum absolute atomic E-state index is 0.0108. The van der Waals surface area contributed by atoms with E-state index in [1.807, 2.05) is 6.07 Å². The molecule has 0 atom stereocenters. The van der Waals surface area contributed by atoms with Gasteiger partial charge in [-0.15, -0.1) is 0 Å². The molecule has 30 heavy (non-hydrogen) atoms. The van der Waals surface area contributed by atoms with Crippen molar-refractivity contribution in [2.75, 3.05) is 39.9 Å². The van der Waals surface area contributed by atoms with Crippen molar-refractivity contribution in [3.8, 4) is 5.75 Å². The fraction of sp³-hybridized carbons (Fsp3) is 0.538. The number of hydrogen-bond acceptors (Lipinski definition) is 4. The summed E-state index contributed by atoms with van der Waals surface area (Å²) >= 11 is 0. The van der Waals surface area contributed by atoms with Crippen molar-refractivity contribution < 1.29 is 9.84 Å². The molecule has 2 aromatic rings. The summed E-state index contributed by atoms with van der Waals surface area (Å²) in [6.45, 7) is 5.92. The fourth-order valence-electron chi connectivity index (χ4n) is 5.25. The monoisotopic (exact) mass is 408 g/mol. The summed E-state index contributed by atoms with van der Waals surface area (Å²) in [6.07, 6.45) is 5.60. The summed E-state index contributed by atoms with van der Waals surface area (Å²) in [6, 6.07) is 19.8. The number of methoxy groups -OCH3 is 1. The maximum atomic E-state index is 10.2. The van der Waals surface area contributed by atoms with E-state index in [0.717, 1.165) is 44.6 Å². The third kappa shape index (κ3) is 5.23. The molecule has 0 spiro atoms. The van der Waals surface area contributed by atoms with Gasteiger partial charge in [-0.05, 0) is 87.0 Å². The molecule has 0 amide bonds. The number of rotatable bonds is 7. The Balaban J connectivity index is 1.27. The zero-order valence-corrected chi connectivity index (χ0v) is 18.3. The van der Waals surface area contributed by atoms with Crippen LogP contribution >= 0.6 is 0 Å². The van der Waals surface area contributed by atoms with Crippen molar-refractivity contribution in [1.29, 1.82) is 0 Å². The van der Waals surface area contributed by atoms with Gasteiger partial charge in [-0.3, -0.25) is 4.90 Å². The van der Waals surface area contributed by atoms with Crippen LogP contribution in [0.2, 0.25) is 0 Å². The molecule has 0 radical (unpaired) electrons. The van der Waals surface area contributed by atoms with Crippen LogP contribution in [-0.4, -0.2) is 60.8 Å². The van der Waals surface area contributed by atoms with E-state index in [4.69, 9.17) is 4.74 Å². The molecule has 0 aliphatic carbocycles. The Labute approximate surface area is 181 Å². The largest absolute Gasteiger partial charge is 0.497 e. The quantitative estimate of drug-likeness (QED) is 0.752. The van der Waals surface area contributed by atoms with E-state index in [1.165, 1.54) is 37.1 Å². The molecule has 2 aliphatic heterocycles. The van der Waals surface area contributed by atoms with E-state index in [-0.39, 0.29) is 12.0 Å². The molecule has 0 aromatic heterocycles. The lowest BCUT2D eigenvalue weighted by atomic mass is 9.74. The third-order valence-electron chi connectivity index (χ3n) is 7.23. The molecule has 2 saturated heterocycles. The van der Waals surface area contributed by atoms with Gasteiger partial charge < -0.3 is 14.7 Å². The lowest BCUT2D eigenvalue weighted by molar-refractivity contribution is 0.0117. The first-order chi connectivity index (χ1) is 14.7. The van der Waals surface area contributed by atoms with Gasteiger partial charge in [0.2, 0.25) is 0 Å². The molecule has 2 fully saturated rings. The van der Waals surface area contributed by atoms with Gasteiger partial charge in [-0.25, -0.2) is 0 Å². The lowest BCUT2D eigenvalue weighted by Gasteiger charge is -2.46. The van der Waals surface area contributed by atoms with Crippen LogP contribution in [0, 0.1) is 5.41 Å². The number of aliphatic hydroxyl groups is 1. The summed E-state index contributed by atoms with van der Waals surface area (Å²) in [5.74, 6) is 0.903. The number of piperidine rings is 2. The smallest absolute Gasteiger partial charge is 0.119 e. The molecule has 4 rings (SSSR count). The fourth-order valence-corrected chi connectivity index (χ4v) is 5.25. The molecular weight excluding hydrogens is 372 g/mol. The minimum atomic E-state index is 0.0108. The first-order valence-corrected chi connectivity index (χ1v) is 11.4. The van der Waals surface area contributed by atoms with Crippen molar-refractivity contribution in [2.24, 2.45) is 5.41 Å². The number of nitrogens with zero attached hydrogens (tertiary/aromatic N) is 2. The molecule has 0 unspecified atom stereocenters. The van der Waals surface area contributed by atoms with Crippen molar-refractivity contribution >= 4 is 0 Å². The van der Waals surface area contributed by atoms with E-state index < -0.39 is 0 Å². The molecule has 4 heteroatoms. The summed E-state index contributed by atoms with van der Waals surface area (Å²) in [4.78, 5) is 5.29. The van der Waals surface area contributed by atoms with E-state index >= 15 is 0 Å². The van der Waals surface area contributed by atoms with Crippen LogP contribution in [0.15, 0.2) is 54.6 Å². The van der Waals surface area contributed by atoms with E-state index in [9.17, 15) is 5.11 Å². The molecule has 0 saturated carbocycles. The molecule has 2 heterocycles. The minimum Gasteiger partial charge on any atom is -0.497 e. The van der Waals surface area contributed by atoms with Crippen LogP contribution in [-0.2, 0) is 13.0 Å². The van der Waals surface area contributed by atoms with Crippen LogP contribution in [0.1, 0.15) is 36.8 Å². The van der Waals surface area contributed by atoms with Crippen molar-refractivity contribution in [3.05, 3.63) is 65.7 Å². The standard InChI is InChI=1S/C26H36N2O2/c1-30-25-9-5-8-23(18-25)19-26(21-29)12-16-28(17-13-26)24-10-14-27(15-11-24)20-22-6-3-2-4-7-22/h2-9,18,24,29H,10-17,19-21H2,1H3.